The summed E-state index contributed by atoms with van der Waals surface area (Å²) in [5.41, 5.74) is -0.315. The number of carbonyl (C=O) groups excluding carboxylic acids is 2. The molecule has 0 aromatic carbocycles. The van der Waals surface area contributed by atoms with Gasteiger partial charge < -0.3 is 4.79 Å². The minimum atomic E-state index is -0.458. The smallest absolute Gasteiger partial charge is 0.226 e. The van der Waals surface area contributed by atoms with Gasteiger partial charge in [0.2, 0.25) is 5.70 Å². The summed E-state index contributed by atoms with van der Waals surface area (Å²) in [5, 5.41) is 0. The fraction of sp³-hybridized carbons (Fsp3) is 0.773. The van der Waals surface area contributed by atoms with E-state index in [4.69, 9.17) is 6.57 Å². The van der Waals surface area contributed by atoms with E-state index in [0.29, 0.717) is 35.2 Å². The molecule has 0 aromatic rings. The number of rotatable bonds is 0. The van der Waals surface area contributed by atoms with Crippen molar-refractivity contribution in [3.05, 3.63) is 23.2 Å². The molecule has 0 aliphatic heterocycles. The molecule has 0 saturated heterocycles. The van der Waals surface area contributed by atoms with Gasteiger partial charge in [0, 0.05) is 17.3 Å². The summed E-state index contributed by atoms with van der Waals surface area (Å²) < 4.78 is 0. The average Bonchev–Trinajstić information content (AvgIpc) is 2.86. The molecule has 134 valence electrons. The van der Waals surface area contributed by atoms with Crippen LogP contribution in [0.25, 0.3) is 4.85 Å². The van der Waals surface area contributed by atoms with Crippen LogP contribution in [0.4, 0.5) is 0 Å². The molecule has 0 bridgehead atoms. The van der Waals surface area contributed by atoms with Crippen LogP contribution in [-0.2, 0) is 9.59 Å². The Morgan fingerprint density at radius 1 is 1.04 bits per heavy atom. The third-order valence-electron chi connectivity index (χ3n) is 8.74. The number of Topliss-reactive ketones (excluding diaryl/α,β-unsaturated/α-hetero) is 2. The summed E-state index contributed by atoms with van der Waals surface area (Å²) in [4.78, 5) is 28.9. The first-order valence-electron chi connectivity index (χ1n) is 9.84. The van der Waals surface area contributed by atoms with Gasteiger partial charge >= 0.3 is 0 Å². The van der Waals surface area contributed by atoms with E-state index in [1.54, 1.807) is 0 Å². The van der Waals surface area contributed by atoms with E-state index < -0.39 is 5.41 Å². The Morgan fingerprint density at radius 2 is 1.76 bits per heavy atom. The van der Waals surface area contributed by atoms with E-state index in [1.807, 2.05) is 19.9 Å². The highest BCUT2D eigenvalue weighted by Gasteiger charge is 2.62. The molecular formula is C22H29NO2. The number of ketones is 2. The molecule has 3 saturated carbocycles. The standard InChI is InChI=1S/C22H29NO2/c1-20(2)17-8-6-13-14-7-9-18(24)21(14,3)11-10-15(13)22(17,4)12-16(23-5)19(20)25/h12-15,17H,6-11H2,1-4H3/t13?,14?,15?,17?,21-,22+/m0/s1. The SMILES string of the molecule is [C-]#[N+]C1=C[C@]2(C)C3CC[C@]4(C)C(=O)CCC4C3CCC2C(C)(C)C1=O. The van der Waals surface area contributed by atoms with Crippen molar-refractivity contribution in [2.45, 2.75) is 66.2 Å². The van der Waals surface area contributed by atoms with E-state index in [-0.39, 0.29) is 16.6 Å². The number of hydrogen-bond acceptors (Lipinski definition) is 2. The molecule has 4 aliphatic rings. The lowest BCUT2D eigenvalue weighted by atomic mass is 9.43. The molecule has 0 aromatic heterocycles. The van der Waals surface area contributed by atoms with Crippen LogP contribution in [-0.4, -0.2) is 11.6 Å². The Bertz CT molecular complexity index is 727. The third kappa shape index (κ3) is 1.97. The topological polar surface area (TPSA) is 38.5 Å². The Hall–Kier alpha value is -1.43. The minimum Gasteiger partial charge on any atom is -0.307 e. The zero-order valence-corrected chi connectivity index (χ0v) is 15.9. The van der Waals surface area contributed by atoms with Crippen molar-refractivity contribution >= 4 is 11.6 Å². The fourth-order valence-corrected chi connectivity index (χ4v) is 7.44. The highest BCUT2D eigenvalue weighted by atomic mass is 16.1. The van der Waals surface area contributed by atoms with Crippen LogP contribution in [0.2, 0.25) is 0 Å². The maximum absolute atomic E-state index is 12.8. The minimum absolute atomic E-state index is 0.0279. The maximum Gasteiger partial charge on any atom is 0.226 e. The predicted molar refractivity (Wildman–Crippen MR) is 96.4 cm³/mol. The predicted octanol–water partition coefficient (Wildman–Crippen LogP) is 4.83. The largest absolute Gasteiger partial charge is 0.307 e. The number of carbonyl (C=O) groups is 2. The number of fused-ring (bicyclic) bond motifs is 5. The van der Waals surface area contributed by atoms with E-state index in [0.717, 1.165) is 38.5 Å². The molecule has 0 spiro atoms. The van der Waals surface area contributed by atoms with Crippen molar-refractivity contribution in [2.75, 3.05) is 0 Å². The number of allylic oxidation sites excluding steroid dienone is 2. The fourth-order valence-electron chi connectivity index (χ4n) is 7.44. The van der Waals surface area contributed by atoms with Crippen LogP contribution >= 0.6 is 0 Å². The normalized spacial score (nSPS) is 48.0. The van der Waals surface area contributed by atoms with E-state index >= 15 is 0 Å². The summed E-state index contributed by atoms with van der Waals surface area (Å²) in [6.07, 6.45) is 8.04. The van der Waals surface area contributed by atoms with Gasteiger partial charge in [-0.2, -0.15) is 0 Å². The highest BCUT2D eigenvalue weighted by Crippen LogP contribution is 2.66. The summed E-state index contributed by atoms with van der Waals surface area (Å²) in [5.74, 6) is 2.38. The first kappa shape index (κ1) is 17.0. The zero-order chi connectivity index (χ0) is 18.2. The van der Waals surface area contributed by atoms with Gasteiger partial charge in [0.25, 0.3) is 0 Å². The van der Waals surface area contributed by atoms with Gasteiger partial charge in [-0.3, -0.25) is 4.79 Å². The molecule has 3 fully saturated rings. The first-order chi connectivity index (χ1) is 11.7. The Morgan fingerprint density at radius 3 is 2.44 bits per heavy atom. The lowest BCUT2D eigenvalue weighted by molar-refractivity contribution is -0.145. The zero-order valence-electron chi connectivity index (χ0n) is 15.9. The average molecular weight is 339 g/mol. The lowest BCUT2D eigenvalue weighted by Gasteiger charge is -2.61. The number of hydrogen-bond donors (Lipinski definition) is 0. The molecule has 0 amide bonds. The molecule has 6 atom stereocenters. The second kappa shape index (κ2) is 5.06. The van der Waals surface area contributed by atoms with Gasteiger partial charge in [-0.15, -0.1) is 0 Å². The summed E-state index contributed by atoms with van der Waals surface area (Å²) >= 11 is 0. The van der Waals surface area contributed by atoms with Crippen molar-refractivity contribution in [3.63, 3.8) is 0 Å². The van der Waals surface area contributed by atoms with Crippen molar-refractivity contribution in [1.82, 2.24) is 0 Å². The third-order valence-corrected chi connectivity index (χ3v) is 8.74. The molecule has 4 aliphatic carbocycles. The van der Waals surface area contributed by atoms with Gasteiger partial charge in [0.1, 0.15) is 5.78 Å². The molecule has 0 N–H and O–H groups in total. The van der Waals surface area contributed by atoms with Gasteiger partial charge in [0.15, 0.2) is 5.78 Å². The maximum atomic E-state index is 12.8. The van der Waals surface area contributed by atoms with Crippen LogP contribution in [0.15, 0.2) is 11.8 Å². The summed E-state index contributed by atoms with van der Waals surface area (Å²) in [6.45, 7) is 16.1. The van der Waals surface area contributed by atoms with Crippen molar-refractivity contribution in [2.24, 2.45) is 39.9 Å². The van der Waals surface area contributed by atoms with Crippen LogP contribution in [0.1, 0.15) is 66.2 Å². The van der Waals surface area contributed by atoms with Crippen LogP contribution in [0, 0.1) is 46.5 Å². The molecule has 0 radical (unpaired) electrons. The van der Waals surface area contributed by atoms with E-state index in [1.165, 1.54) is 0 Å². The molecular weight excluding hydrogens is 310 g/mol. The van der Waals surface area contributed by atoms with Gasteiger partial charge in [-0.05, 0) is 61.2 Å². The second-order valence-electron chi connectivity index (χ2n) is 9.98. The lowest BCUT2D eigenvalue weighted by Crippen LogP contribution is -2.57. The summed E-state index contributed by atoms with van der Waals surface area (Å²) in [7, 11) is 0. The molecule has 4 unspecified atom stereocenters. The van der Waals surface area contributed by atoms with Crippen molar-refractivity contribution in [1.29, 1.82) is 0 Å². The molecule has 3 nitrogen and oxygen atoms in total. The van der Waals surface area contributed by atoms with E-state index in [2.05, 4.69) is 18.7 Å². The molecule has 3 heteroatoms. The van der Waals surface area contributed by atoms with Crippen molar-refractivity contribution < 1.29 is 9.59 Å². The highest BCUT2D eigenvalue weighted by molar-refractivity contribution is 6.02. The second-order valence-corrected chi connectivity index (χ2v) is 9.98. The summed E-state index contributed by atoms with van der Waals surface area (Å²) in [6, 6.07) is 0. The molecule has 0 heterocycles. The van der Waals surface area contributed by atoms with Gasteiger partial charge in [-0.1, -0.05) is 33.8 Å². The molecule has 4 rings (SSSR count). The molecule has 25 heavy (non-hydrogen) atoms. The Kier molecular flexibility index (Phi) is 3.44. The monoisotopic (exact) mass is 339 g/mol. The van der Waals surface area contributed by atoms with Crippen LogP contribution in [0.5, 0.6) is 0 Å². The number of nitrogens with zero attached hydrogens (tertiary/aromatic N) is 1. The Balaban J connectivity index is 1.79. The van der Waals surface area contributed by atoms with Crippen molar-refractivity contribution in [3.8, 4) is 0 Å². The van der Waals surface area contributed by atoms with Gasteiger partial charge in [-0.25, -0.2) is 4.85 Å². The first-order valence-corrected chi connectivity index (χ1v) is 9.84. The van der Waals surface area contributed by atoms with Crippen LogP contribution < -0.4 is 0 Å². The van der Waals surface area contributed by atoms with Crippen LogP contribution in [0.3, 0.4) is 0 Å². The quantitative estimate of drug-likeness (QED) is 0.593. The van der Waals surface area contributed by atoms with Gasteiger partial charge in [0.05, 0.1) is 6.57 Å². The van der Waals surface area contributed by atoms with E-state index in [9.17, 15) is 9.59 Å². The Labute approximate surface area is 151 Å².